The van der Waals surface area contributed by atoms with Gasteiger partial charge in [0, 0.05) is 30.9 Å². The molecule has 2 aromatic rings. The van der Waals surface area contributed by atoms with Crippen molar-refractivity contribution in [2.75, 3.05) is 6.54 Å². The van der Waals surface area contributed by atoms with Gasteiger partial charge in [0.25, 0.3) is 0 Å². The van der Waals surface area contributed by atoms with Gasteiger partial charge in [0.2, 0.25) is 0 Å². The normalized spacial score (nSPS) is 18.1. The van der Waals surface area contributed by atoms with E-state index < -0.39 is 0 Å². The van der Waals surface area contributed by atoms with E-state index in [1.165, 1.54) is 0 Å². The molecule has 0 spiro atoms. The zero-order valence-electron chi connectivity index (χ0n) is 14.4. The summed E-state index contributed by atoms with van der Waals surface area (Å²) in [6.45, 7) is 8.36. The smallest absolute Gasteiger partial charge is 0.318 e. The van der Waals surface area contributed by atoms with Gasteiger partial charge in [0.15, 0.2) is 0 Å². The fourth-order valence-electron chi connectivity index (χ4n) is 2.81. The number of carbonyl (C=O) groups excluding carboxylic acids is 1. The Morgan fingerprint density at radius 3 is 2.92 bits per heavy atom. The van der Waals surface area contributed by atoms with Crippen molar-refractivity contribution >= 4 is 17.4 Å². The molecular weight excluding hydrogens is 324 g/mol. The Morgan fingerprint density at radius 1 is 1.42 bits per heavy atom. The summed E-state index contributed by atoms with van der Waals surface area (Å²) in [6.07, 6.45) is 7.56. The molecule has 2 aromatic heterocycles. The zero-order chi connectivity index (χ0) is 17.2. The second-order valence-electron chi connectivity index (χ2n) is 7.16. The van der Waals surface area contributed by atoms with E-state index in [1.54, 1.807) is 23.9 Å². The Hall–Kier alpha value is -1.96. The van der Waals surface area contributed by atoms with Crippen molar-refractivity contribution in [1.29, 1.82) is 0 Å². The van der Waals surface area contributed by atoms with Gasteiger partial charge in [-0.3, -0.25) is 0 Å². The molecule has 7 nitrogen and oxygen atoms in total. The molecule has 1 saturated heterocycles. The highest BCUT2D eigenvalue weighted by atomic mass is 32.1. The van der Waals surface area contributed by atoms with Crippen LogP contribution in [0, 0.1) is 0 Å². The molecule has 3 rings (SSSR count). The van der Waals surface area contributed by atoms with Crippen molar-refractivity contribution in [3.05, 3.63) is 28.7 Å². The van der Waals surface area contributed by atoms with Gasteiger partial charge in [-0.05, 0) is 12.8 Å². The molecule has 1 fully saturated rings. The molecule has 8 heteroatoms. The lowest BCUT2D eigenvalue weighted by Crippen LogP contribution is -2.44. The maximum absolute atomic E-state index is 12.5. The minimum absolute atomic E-state index is 0.00915. The third kappa shape index (κ3) is 3.92. The van der Waals surface area contributed by atoms with Gasteiger partial charge in [-0.25, -0.2) is 9.78 Å². The van der Waals surface area contributed by atoms with Gasteiger partial charge in [-0.1, -0.05) is 32.1 Å². The Balaban J connectivity index is 1.55. The number of rotatable bonds is 4. The number of aromatic nitrogens is 4. The number of urea groups is 1. The molecule has 130 valence electrons. The van der Waals surface area contributed by atoms with E-state index in [0.29, 0.717) is 6.54 Å². The number of nitrogens with zero attached hydrogens (tertiary/aromatic N) is 5. The minimum atomic E-state index is -0.0230. The summed E-state index contributed by atoms with van der Waals surface area (Å²) in [5, 5.41) is 13.2. The second-order valence-corrected chi connectivity index (χ2v) is 8.22. The number of hydrogen-bond acceptors (Lipinski definition) is 5. The van der Waals surface area contributed by atoms with Crippen LogP contribution in [0.1, 0.15) is 43.6 Å². The summed E-state index contributed by atoms with van der Waals surface area (Å²) in [5.74, 6) is 0. The molecule has 0 aromatic carbocycles. The van der Waals surface area contributed by atoms with Crippen LogP contribution in [0.25, 0.3) is 0 Å². The van der Waals surface area contributed by atoms with Crippen LogP contribution in [0.4, 0.5) is 4.79 Å². The molecule has 1 aliphatic rings. The Morgan fingerprint density at radius 2 is 2.25 bits per heavy atom. The van der Waals surface area contributed by atoms with Crippen LogP contribution in [0.15, 0.2) is 18.7 Å². The number of nitrogens with one attached hydrogen (secondary N) is 1. The number of carbonyl (C=O) groups is 1. The van der Waals surface area contributed by atoms with Gasteiger partial charge in [0.05, 0.1) is 18.9 Å². The SMILES string of the molecule is CC(C)(C)c1nnc(CNC(=O)N2CCC[C@@H]2Cn2ccnc2)s1. The molecule has 1 atom stereocenters. The molecule has 0 saturated carbocycles. The molecule has 0 aliphatic carbocycles. The third-order valence-corrected chi connectivity index (χ3v) is 5.47. The molecular formula is C16H24N6OS. The Kier molecular flexibility index (Phi) is 4.84. The number of amides is 2. The highest BCUT2D eigenvalue weighted by Gasteiger charge is 2.29. The zero-order valence-corrected chi connectivity index (χ0v) is 15.2. The van der Waals surface area contributed by atoms with Gasteiger partial charge in [-0.15, -0.1) is 10.2 Å². The first-order valence-electron chi connectivity index (χ1n) is 8.26. The molecule has 2 amide bonds. The van der Waals surface area contributed by atoms with Crippen LogP contribution in [-0.4, -0.2) is 43.3 Å². The number of likely N-dealkylation sites (tertiary alicyclic amines) is 1. The van der Waals surface area contributed by atoms with Crippen LogP contribution >= 0.6 is 11.3 Å². The predicted molar refractivity (Wildman–Crippen MR) is 92.8 cm³/mol. The monoisotopic (exact) mass is 348 g/mol. The van der Waals surface area contributed by atoms with Crippen molar-refractivity contribution in [2.24, 2.45) is 0 Å². The first-order valence-corrected chi connectivity index (χ1v) is 9.08. The van der Waals surface area contributed by atoms with Gasteiger partial charge in [0.1, 0.15) is 10.0 Å². The Bertz CT molecular complexity index is 675. The fraction of sp³-hybridized carbons (Fsp3) is 0.625. The Labute approximate surface area is 146 Å². The van der Waals surface area contributed by atoms with Crippen molar-refractivity contribution in [3.63, 3.8) is 0 Å². The quantitative estimate of drug-likeness (QED) is 0.920. The van der Waals surface area contributed by atoms with Gasteiger partial charge < -0.3 is 14.8 Å². The topological polar surface area (TPSA) is 75.9 Å². The molecule has 1 N–H and O–H groups in total. The first kappa shape index (κ1) is 16.9. The van der Waals surface area contributed by atoms with Crippen LogP contribution in [0.5, 0.6) is 0 Å². The van der Waals surface area contributed by atoms with Gasteiger partial charge in [-0.2, -0.15) is 0 Å². The van der Waals surface area contributed by atoms with E-state index >= 15 is 0 Å². The van der Waals surface area contributed by atoms with Crippen molar-refractivity contribution in [1.82, 2.24) is 30.0 Å². The highest BCUT2D eigenvalue weighted by molar-refractivity contribution is 7.11. The predicted octanol–water partition coefficient (Wildman–Crippen LogP) is 2.41. The second kappa shape index (κ2) is 6.88. The summed E-state index contributed by atoms with van der Waals surface area (Å²) in [5.41, 5.74) is -0.00915. The minimum Gasteiger partial charge on any atom is -0.335 e. The van der Waals surface area contributed by atoms with Crippen LogP contribution in [0.3, 0.4) is 0 Å². The summed E-state index contributed by atoms with van der Waals surface area (Å²) in [4.78, 5) is 18.5. The largest absolute Gasteiger partial charge is 0.335 e. The van der Waals surface area contributed by atoms with Gasteiger partial charge >= 0.3 is 6.03 Å². The summed E-state index contributed by atoms with van der Waals surface area (Å²) < 4.78 is 2.02. The summed E-state index contributed by atoms with van der Waals surface area (Å²) in [6, 6.07) is 0.198. The van der Waals surface area contributed by atoms with Crippen molar-refractivity contribution < 1.29 is 4.79 Å². The average molecular weight is 348 g/mol. The molecule has 0 radical (unpaired) electrons. The lowest BCUT2D eigenvalue weighted by atomic mass is 9.98. The van der Waals surface area contributed by atoms with E-state index in [9.17, 15) is 4.79 Å². The van der Waals surface area contributed by atoms with Crippen molar-refractivity contribution in [3.8, 4) is 0 Å². The summed E-state index contributed by atoms with van der Waals surface area (Å²) >= 11 is 1.56. The van der Waals surface area contributed by atoms with Crippen LogP contribution < -0.4 is 5.32 Å². The standard InChI is InChI=1S/C16H24N6OS/c1-16(2,3)14-20-19-13(24-14)9-18-15(23)22-7-4-5-12(22)10-21-8-6-17-11-21/h6,8,11-12H,4-5,7,9-10H2,1-3H3,(H,18,23)/t12-/m1/s1. The number of hydrogen-bond donors (Lipinski definition) is 1. The molecule has 24 heavy (non-hydrogen) atoms. The van der Waals surface area contributed by atoms with E-state index in [-0.39, 0.29) is 17.5 Å². The maximum atomic E-state index is 12.5. The lowest BCUT2D eigenvalue weighted by molar-refractivity contribution is 0.187. The molecule has 3 heterocycles. The molecule has 0 unspecified atom stereocenters. The third-order valence-electron chi connectivity index (χ3n) is 4.12. The van der Waals surface area contributed by atoms with Crippen LogP contribution in [-0.2, 0) is 18.5 Å². The lowest BCUT2D eigenvalue weighted by Gasteiger charge is -2.25. The highest BCUT2D eigenvalue weighted by Crippen LogP contribution is 2.25. The summed E-state index contributed by atoms with van der Waals surface area (Å²) in [7, 11) is 0. The van der Waals surface area contributed by atoms with E-state index in [4.69, 9.17) is 0 Å². The van der Waals surface area contributed by atoms with E-state index in [2.05, 4.69) is 41.3 Å². The van der Waals surface area contributed by atoms with Crippen LogP contribution in [0.2, 0.25) is 0 Å². The molecule has 1 aliphatic heterocycles. The van der Waals surface area contributed by atoms with E-state index in [0.717, 1.165) is 35.9 Å². The van der Waals surface area contributed by atoms with Crippen molar-refractivity contribution in [2.45, 2.75) is 58.2 Å². The number of imidazole rings is 1. The first-order chi connectivity index (χ1) is 11.4. The fourth-order valence-corrected chi connectivity index (χ4v) is 3.65. The van der Waals surface area contributed by atoms with E-state index in [1.807, 2.05) is 15.7 Å². The average Bonchev–Trinajstić information content (AvgIpc) is 3.26. The maximum Gasteiger partial charge on any atom is 0.318 e. The molecule has 0 bridgehead atoms.